The molecule has 2 unspecified atom stereocenters. The highest BCUT2D eigenvalue weighted by atomic mass is 19.1. The summed E-state index contributed by atoms with van der Waals surface area (Å²) in [4.78, 5) is 28.6. The summed E-state index contributed by atoms with van der Waals surface area (Å²) in [6.45, 7) is 6.74. The molecule has 2 N–H and O–H groups in total. The Hall–Kier alpha value is -4.21. The summed E-state index contributed by atoms with van der Waals surface area (Å²) in [5.74, 6) is -1.97. The lowest BCUT2D eigenvalue weighted by Crippen LogP contribution is -2.48. The monoisotopic (exact) mass is 585 g/mol. The molecule has 9 heteroatoms. The third-order valence-electron chi connectivity index (χ3n) is 8.28. The Balaban J connectivity index is 1.20. The fourth-order valence-corrected chi connectivity index (χ4v) is 5.96. The minimum absolute atomic E-state index is 0.00903. The zero-order chi connectivity index (χ0) is 30.1. The summed E-state index contributed by atoms with van der Waals surface area (Å²) in [5.41, 5.74) is 3.55. The molecule has 224 valence electrons. The van der Waals surface area contributed by atoms with E-state index in [1.54, 1.807) is 12.1 Å². The van der Waals surface area contributed by atoms with Crippen LogP contribution < -0.4 is 14.8 Å². The molecular formula is C34H36FN3O5. The van der Waals surface area contributed by atoms with E-state index < -0.39 is 29.7 Å². The lowest BCUT2D eigenvalue weighted by molar-refractivity contribution is -0.118. The van der Waals surface area contributed by atoms with Gasteiger partial charge in [0, 0.05) is 29.9 Å². The number of carbonyl (C=O) groups is 2. The number of hydrogen-bond donors (Lipinski definition) is 2. The fourth-order valence-electron chi connectivity index (χ4n) is 5.96. The van der Waals surface area contributed by atoms with E-state index >= 15 is 0 Å². The number of fused-ring (bicyclic) bond motifs is 2. The Morgan fingerprint density at radius 3 is 2.42 bits per heavy atom. The van der Waals surface area contributed by atoms with Gasteiger partial charge in [-0.3, -0.25) is 9.59 Å². The minimum atomic E-state index is -1.27. The number of nitrogens with one attached hydrogen (secondary N) is 1. The predicted octanol–water partition coefficient (Wildman–Crippen LogP) is 5.30. The molecule has 2 aliphatic heterocycles. The highest BCUT2D eigenvalue weighted by Crippen LogP contribution is 2.36. The van der Waals surface area contributed by atoms with Gasteiger partial charge in [0.2, 0.25) is 5.78 Å². The van der Waals surface area contributed by atoms with E-state index in [1.807, 2.05) is 18.2 Å². The quantitative estimate of drug-likeness (QED) is 0.205. The molecule has 1 fully saturated rings. The number of halogens is 1. The van der Waals surface area contributed by atoms with Crippen molar-refractivity contribution in [1.29, 1.82) is 0 Å². The molecule has 0 aliphatic carbocycles. The first-order chi connectivity index (χ1) is 20.8. The van der Waals surface area contributed by atoms with Gasteiger partial charge in [-0.25, -0.2) is 4.39 Å². The summed E-state index contributed by atoms with van der Waals surface area (Å²) in [6.07, 6.45) is 2.83. The first kappa shape index (κ1) is 28.9. The van der Waals surface area contributed by atoms with Crippen molar-refractivity contribution in [2.45, 2.75) is 44.9 Å². The summed E-state index contributed by atoms with van der Waals surface area (Å²) in [6, 6.07) is 17.5. The van der Waals surface area contributed by atoms with Crippen molar-refractivity contribution >= 4 is 22.6 Å². The Morgan fingerprint density at radius 2 is 1.67 bits per heavy atom. The van der Waals surface area contributed by atoms with Gasteiger partial charge in [-0.2, -0.15) is 0 Å². The molecule has 3 heterocycles. The average molecular weight is 586 g/mol. The third-order valence-corrected chi connectivity index (χ3v) is 8.28. The Kier molecular flexibility index (Phi) is 8.19. The topological polar surface area (TPSA) is 93.0 Å². The van der Waals surface area contributed by atoms with Gasteiger partial charge in [-0.05, 0) is 86.1 Å². The van der Waals surface area contributed by atoms with E-state index in [4.69, 9.17) is 9.47 Å². The van der Waals surface area contributed by atoms with Crippen molar-refractivity contribution in [1.82, 2.24) is 14.8 Å². The number of hydrogen-bond acceptors (Lipinski definition) is 6. The molecule has 0 radical (unpaired) electrons. The fraction of sp³-hybridized carbons (Fsp3) is 0.353. The van der Waals surface area contributed by atoms with Crippen LogP contribution in [-0.2, 0) is 4.79 Å². The molecule has 1 saturated heterocycles. The van der Waals surface area contributed by atoms with Gasteiger partial charge in [0.25, 0.3) is 5.91 Å². The lowest BCUT2D eigenvalue weighted by atomic mass is 9.99. The van der Waals surface area contributed by atoms with Crippen molar-refractivity contribution in [3.63, 3.8) is 0 Å². The number of carbonyl (C=O) groups excluding carboxylic acids is 2. The number of Topliss-reactive ketones (excluding diaryl/α,β-unsaturated/α-hetero) is 1. The van der Waals surface area contributed by atoms with Crippen LogP contribution in [0.3, 0.4) is 0 Å². The van der Waals surface area contributed by atoms with Gasteiger partial charge in [-0.1, -0.05) is 36.4 Å². The van der Waals surface area contributed by atoms with Crippen molar-refractivity contribution in [2.24, 2.45) is 0 Å². The van der Waals surface area contributed by atoms with Crippen LogP contribution in [0.2, 0.25) is 0 Å². The summed E-state index contributed by atoms with van der Waals surface area (Å²) >= 11 is 0. The van der Waals surface area contributed by atoms with Crippen LogP contribution in [0.1, 0.15) is 54.8 Å². The molecule has 8 nitrogen and oxygen atoms in total. The predicted molar refractivity (Wildman–Crippen MR) is 162 cm³/mol. The highest BCUT2D eigenvalue weighted by molar-refractivity contribution is 6.42. The van der Waals surface area contributed by atoms with E-state index in [2.05, 4.69) is 53.0 Å². The zero-order valence-corrected chi connectivity index (χ0v) is 24.4. The minimum Gasteiger partial charge on any atom is -0.486 e. The molecule has 1 amide bonds. The molecule has 2 aliphatic rings. The van der Waals surface area contributed by atoms with Gasteiger partial charge in [-0.15, -0.1) is 0 Å². The number of aliphatic hydroxyl groups excluding tert-OH is 1. The third kappa shape index (κ3) is 6.00. The number of nitrogens with zero attached hydrogens (tertiary/aromatic N) is 2. The lowest BCUT2D eigenvalue weighted by Gasteiger charge is -2.29. The second-order valence-corrected chi connectivity index (χ2v) is 11.6. The molecule has 0 spiro atoms. The smallest absolute Gasteiger partial charge is 0.292 e. The van der Waals surface area contributed by atoms with Crippen LogP contribution in [0.15, 0.2) is 66.9 Å². The van der Waals surface area contributed by atoms with Gasteiger partial charge < -0.3 is 29.4 Å². The van der Waals surface area contributed by atoms with Crippen LogP contribution in [0.25, 0.3) is 22.0 Å². The van der Waals surface area contributed by atoms with Crippen molar-refractivity contribution in [3.8, 4) is 22.6 Å². The van der Waals surface area contributed by atoms with Gasteiger partial charge in [0.1, 0.15) is 19.3 Å². The second kappa shape index (κ2) is 12.2. The second-order valence-electron chi connectivity index (χ2n) is 11.6. The van der Waals surface area contributed by atoms with Crippen LogP contribution in [0, 0.1) is 5.82 Å². The molecular weight excluding hydrogens is 549 g/mol. The SMILES string of the molecule is CC(C)n1ccc2ccc(-c3ccc(C(=O)C(=O)NC(CN4CCCC4)C(O)c4cc(F)c5c(c4)OCCO5)cc3)cc21. The molecule has 2 atom stereocenters. The summed E-state index contributed by atoms with van der Waals surface area (Å²) < 4.78 is 27.9. The molecule has 4 aromatic rings. The molecule has 3 aromatic carbocycles. The Labute approximate surface area is 250 Å². The first-order valence-corrected chi connectivity index (χ1v) is 14.8. The maximum atomic E-state index is 14.8. The van der Waals surface area contributed by atoms with Gasteiger partial charge in [0.05, 0.1) is 6.04 Å². The molecule has 0 saturated carbocycles. The Morgan fingerprint density at radius 1 is 0.953 bits per heavy atom. The van der Waals surface area contributed by atoms with Gasteiger partial charge in [0.15, 0.2) is 17.3 Å². The van der Waals surface area contributed by atoms with Crippen LogP contribution >= 0.6 is 0 Å². The van der Waals surface area contributed by atoms with E-state index in [0.29, 0.717) is 12.6 Å². The zero-order valence-electron chi connectivity index (χ0n) is 24.4. The number of rotatable bonds is 9. The number of aromatic nitrogens is 1. The van der Waals surface area contributed by atoms with Crippen molar-refractivity contribution in [2.75, 3.05) is 32.8 Å². The van der Waals surface area contributed by atoms with Gasteiger partial charge >= 0.3 is 0 Å². The molecule has 0 bridgehead atoms. The number of amides is 1. The average Bonchev–Trinajstić information content (AvgIpc) is 3.70. The van der Waals surface area contributed by atoms with E-state index in [0.717, 1.165) is 48.0 Å². The number of benzene rings is 3. The standard InChI is InChI=1S/C34H36FN3O5/c1-21(2)38-14-11-23-7-10-25(18-29(23)38)22-5-8-24(9-6-22)32(40)34(41)36-28(20-37-12-3-4-13-37)31(39)26-17-27(35)33-30(19-26)42-15-16-43-33/h5-11,14,17-19,21,28,31,39H,3-4,12-13,15-16,20H2,1-2H3,(H,36,41). The van der Waals surface area contributed by atoms with E-state index in [1.165, 1.54) is 12.1 Å². The number of ketones is 1. The van der Waals surface area contributed by atoms with E-state index in [9.17, 15) is 19.1 Å². The largest absolute Gasteiger partial charge is 0.486 e. The normalized spacial score (nSPS) is 16.4. The molecule has 6 rings (SSSR count). The highest BCUT2D eigenvalue weighted by Gasteiger charge is 2.31. The van der Waals surface area contributed by atoms with Crippen LogP contribution in [0.5, 0.6) is 11.5 Å². The van der Waals surface area contributed by atoms with Crippen molar-refractivity contribution < 1.29 is 28.6 Å². The van der Waals surface area contributed by atoms with E-state index in [-0.39, 0.29) is 35.8 Å². The van der Waals surface area contributed by atoms with Crippen molar-refractivity contribution in [3.05, 3.63) is 83.8 Å². The molecule has 43 heavy (non-hydrogen) atoms. The maximum absolute atomic E-state index is 14.8. The van der Waals surface area contributed by atoms with Crippen LogP contribution in [-0.4, -0.2) is 65.2 Å². The number of ether oxygens (including phenoxy) is 2. The Bertz CT molecular complexity index is 1640. The first-order valence-electron chi connectivity index (χ1n) is 14.8. The summed E-state index contributed by atoms with van der Waals surface area (Å²) in [5, 5.41) is 15.2. The number of aliphatic hydroxyl groups is 1. The number of likely N-dealkylation sites (tertiary alicyclic amines) is 1. The summed E-state index contributed by atoms with van der Waals surface area (Å²) in [7, 11) is 0. The molecule has 1 aromatic heterocycles. The van der Waals surface area contributed by atoms with Crippen LogP contribution in [0.4, 0.5) is 4.39 Å². The maximum Gasteiger partial charge on any atom is 0.292 e.